The van der Waals surface area contributed by atoms with E-state index in [2.05, 4.69) is 37.8 Å². The van der Waals surface area contributed by atoms with Crippen molar-refractivity contribution in [2.75, 3.05) is 10.6 Å². The van der Waals surface area contributed by atoms with Crippen molar-refractivity contribution in [3.8, 4) is 0 Å². The largest absolute Gasteiger partial charge is 0.364 e. The first-order valence-electron chi connectivity index (χ1n) is 11.3. The molecule has 7 nitrogen and oxygen atoms in total. The summed E-state index contributed by atoms with van der Waals surface area (Å²) >= 11 is 12.7. The normalized spacial score (nSPS) is 19.2. The Bertz CT molecular complexity index is 1400. The second-order valence-corrected chi connectivity index (χ2v) is 9.74. The second kappa shape index (κ2) is 8.56. The molecule has 2 saturated carbocycles. The van der Waals surface area contributed by atoms with Crippen LogP contribution in [0.2, 0.25) is 10.2 Å². The van der Waals surface area contributed by atoms with Crippen LogP contribution in [0.25, 0.3) is 5.65 Å². The van der Waals surface area contributed by atoms with Gasteiger partial charge in [-0.3, -0.25) is 9.20 Å². The summed E-state index contributed by atoms with van der Waals surface area (Å²) in [6.07, 6.45) is 6.78. The van der Waals surface area contributed by atoms with E-state index in [0.717, 1.165) is 23.3 Å². The van der Waals surface area contributed by atoms with Crippen LogP contribution in [-0.4, -0.2) is 25.3 Å². The zero-order chi connectivity index (χ0) is 23.2. The predicted octanol–water partition coefficient (Wildman–Crippen LogP) is 5.66. The van der Waals surface area contributed by atoms with Gasteiger partial charge in [0.1, 0.15) is 28.8 Å². The fraction of sp³-hybridized carbons (Fsp3) is 0.280. The maximum atomic E-state index is 12.7. The molecule has 34 heavy (non-hydrogen) atoms. The van der Waals surface area contributed by atoms with Crippen LogP contribution in [-0.2, 0) is 11.3 Å². The Kier molecular flexibility index (Phi) is 5.38. The molecule has 9 heteroatoms. The molecule has 6 rings (SSSR count). The van der Waals surface area contributed by atoms with Crippen molar-refractivity contribution >= 4 is 46.4 Å². The summed E-state index contributed by atoms with van der Waals surface area (Å²) in [6.45, 7) is 0.406. The van der Waals surface area contributed by atoms with Gasteiger partial charge in [0.05, 0.1) is 12.2 Å². The van der Waals surface area contributed by atoms with Crippen LogP contribution >= 0.6 is 23.2 Å². The number of rotatable bonds is 7. The van der Waals surface area contributed by atoms with Crippen molar-refractivity contribution in [1.29, 1.82) is 0 Å². The lowest BCUT2D eigenvalue weighted by atomic mass is 10.1. The number of aromatic nitrogens is 4. The average Bonchev–Trinajstić information content (AvgIpc) is 3.75. The van der Waals surface area contributed by atoms with E-state index in [0.29, 0.717) is 34.3 Å². The van der Waals surface area contributed by atoms with Gasteiger partial charge in [0.2, 0.25) is 5.91 Å². The third-order valence-corrected chi connectivity index (χ3v) is 7.09. The molecule has 0 radical (unpaired) electrons. The summed E-state index contributed by atoms with van der Waals surface area (Å²) in [6, 6.07) is 13.5. The summed E-state index contributed by atoms with van der Waals surface area (Å²) in [5.74, 6) is 1.74. The van der Waals surface area contributed by atoms with Gasteiger partial charge in [-0.05, 0) is 60.4 Å². The molecule has 2 aliphatic carbocycles. The van der Waals surface area contributed by atoms with Crippen LogP contribution < -0.4 is 10.6 Å². The Morgan fingerprint density at radius 1 is 1.06 bits per heavy atom. The molecular weight excluding hydrogens is 471 g/mol. The van der Waals surface area contributed by atoms with Gasteiger partial charge in [0, 0.05) is 23.2 Å². The number of fused-ring (bicyclic) bond motifs is 1. The van der Waals surface area contributed by atoms with Crippen molar-refractivity contribution in [2.45, 2.75) is 37.6 Å². The molecule has 2 atom stereocenters. The molecule has 0 saturated heterocycles. The SMILES string of the molecule is O=C(Nc1cc(NCc2nc3ccc(C4CC4)cn3c2Cl)ncn1)[C@H]1C[C@@H]1c1cccc(Cl)c1. The molecular formula is C25H22Cl2N6O. The quantitative estimate of drug-likeness (QED) is 0.347. The van der Waals surface area contributed by atoms with Crippen LogP contribution in [0, 0.1) is 5.92 Å². The smallest absolute Gasteiger partial charge is 0.229 e. The van der Waals surface area contributed by atoms with Crippen molar-refractivity contribution in [3.05, 3.63) is 82.0 Å². The summed E-state index contributed by atoms with van der Waals surface area (Å²) in [7, 11) is 0. The third-order valence-electron chi connectivity index (χ3n) is 6.46. The number of hydrogen-bond donors (Lipinski definition) is 2. The lowest BCUT2D eigenvalue weighted by Gasteiger charge is -2.07. The highest BCUT2D eigenvalue weighted by molar-refractivity contribution is 6.30. The number of halogens is 2. The van der Waals surface area contributed by atoms with Gasteiger partial charge in [0.25, 0.3) is 0 Å². The molecule has 3 heterocycles. The minimum atomic E-state index is -0.0813. The second-order valence-electron chi connectivity index (χ2n) is 8.95. The molecule has 2 N–H and O–H groups in total. The van der Waals surface area contributed by atoms with Gasteiger partial charge >= 0.3 is 0 Å². The topological polar surface area (TPSA) is 84.2 Å². The monoisotopic (exact) mass is 492 g/mol. The molecule has 1 aromatic carbocycles. The van der Waals surface area contributed by atoms with Crippen molar-refractivity contribution in [1.82, 2.24) is 19.4 Å². The Hall–Kier alpha value is -3.16. The maximum Gasteiger partial charge on any atom is 0.229 e. The van der Waals surface area contributed by atoms with Gasteiger partial charge in [-0.25, -0.2) is 15.0 Å². The number of carbonyl (C=O) groups is 1. The van der Waals surface area contributed by atoms with Gasteiger partial charge in [-0.2, -0.15) is 0 Å². The van der Waals surface area contributed by atoms with E-state index < -0.39 is 0 Å². The van der Waals surface area contributed by atoms with E-state index in [9.17, 15) is 4.79 Å². The number of pyridine rings is 1. The van der Waals surface area contributed by atoms with E-state index in [1.54, 1.807) is 6.07 Å². The summed E-state index contributed by atoms with van der Waals surface area (Å²) in [5.41, 5.74) is 3.95. The maximum absolute atomic E-state index is 12.7. The number of imidazole rings is 1. The average molecular weight is 493 g/mol. The first-order chi connectivity index (χ1) is 16.5. The molecule has 0 spiro atoms. The van der Waals surface area contributed by atoms with E-state index in [1.165, 1.54) is 24.7 Å². The zero-order valence-electron chi connectivity index (χ0n) is 18.2. The lowest BCUT2D eigenvalue weighted by Crippen LogP contribution is -2.16. The fourth-order valence-corrected chi connectivity index (χ4v) is 4.80. The standard InChI is InChI=1S/C25H22Cl2N6O/c26-17-3-1-2-15(8-17)18-9-19(18)25(34)32-22-10-21(29-13-30-22)28-11-20-24(27)33-12-16(14-4-5-14)6-7-23(33)31-20/h1-3,6-8,10,12-14,18-19H,4-5,9,11H2,(H2,28,29,30,32,34)/t18-,19+/m1/s1. The van der Waals surface area contributed by atoms with Gasteiger partial charge in [0.15, 0.2) is 0 Å². The number of anilines is 2. The predicted molar refractivity (Wildman–Crippen MR) is 132 cm³/mol. The molecule has 3 aromatic heterocycles. The first-order valence-corrected chi connectivity index (χ1v) is 12.1. The molecule has 2 fully saturated rings. The Labute approximate surface area is 206 Å². The summed E-state index contributed by atoms with van der Waals surface area (Å²) < 4.78 is 1.93. The third kappa shape index (κ3) is 4.33. The highest BCUT2D eigenvalue weighted by atomic mass is 35.5. The number of nitrogens with zero attached hydrogens (tertiary/aromatic N) is 4. The van der Waals surface area contributed by atoms with Gasteiger partial charge in [-0.1, -0.05) is 41.4 Å². The van der Waals surface area contributed by atoms with Crippen LogP contribution in [0.1, 0.15) is 47.9 Å². The highest BCUT2D eigenvalue weighted by Gasteiger charge is 2.44. The molecule has 1 amide bonds. The minimum Gasteiger partial charge on any atom is -0.364 e. The highest BCUT2D eigenvalue weighted by Crippen LogP contribution is 2.48. The fourth-order valence-electron chi connectivity index (χ4n) is 4.36. The van der Waals surface area contributed by atoms with Crippen molar-refractivity contribution in [2.24, 2.45) is 5.92 Å². The number of nitrogens with one attached hydrogen (secondary N) is 2. The number of amides is 1. The first kappa shape index (κ1) is 21.4. The Morgan fingerprint density at radius 3 is 2.74 bits per heavy atom. The Morgan fingerprint density at radius 2 is 1.91 bits per heavy atom. The van der Waals surface area contributed by atoms with Crippen LogP contribution in [0.4, 0.5) is 11.6 Å². The van der Waals surface area contributed by atoms with Crippen LogP contribution in [0.3, 0.4) is 0 Å². The zero-order valence-corrected chi connectivity index (χ0v) is 19.7. The van der Waals surface area contributed by atoms with Crippen LogP contribution in [0.15, 0.2) is 55.0 Å². The molecule has 0 bridgehead atoms. The van der Waals surface area contributed by atoms with E-state index in [1.807, 2.05) is 34.7 Å². The van der Waals surface area contributed by atoms with Gasteiger partial charge < -0.3 is 10.6 Å². The van der Waals surface area contributed by atoms with E-state index in [-0.39, 0.29) is 17.7 Å². The molecule has 0 unspecified atom stereocenters. The van der Waals surface area contributed by atoms with E-state index in [4.69, 9.17) is 23.2 Å². The molecule has 2 aliphatic rings. The lowest BCUT2D eigenvalue weighted by molar-refractivity contribution is -0.117. The number of carbonyl (C=O) groups excluding carboxylic acids is 1. The summed E-state index contributed by atoms with van der Waals surface area (Å²) in [5, 5.41) is 7.41. The van der Waals surface area contributed by atoms with Crippen molar-refractivity contribution in [3.63, 3.8) is 0 Å². The summed E-state index contributed by atoms with van der Waals surface area (Å²) in [4.78, 5) is 25.8. The Balaban J connectivity index is 1.10. The molecule has 0 aliphatic heterocycles. The number of benzene rings is 1. The molecule has 172 valence electrons. The van der Waals surface area contributed by atoms with Crippen LogP contribution in [0.5, 0.6) is 0 Å². The van der Waals surface area contributed by atoms with Crippen molar-refractivity contribution < 1.29 is 4.79 Å². The molecule has 4 aromatic rings. The van der Waals surface area contributed by atoms with E-state index >= 15 is 0 Å². The number of hydrogen-bond acceptors (Lipinski definition) is 5. The van der Waals surface area contributed by atoms with Gasteiger partial charge in [-0.15, -0.1) is 0 Å². The minimum absolute atomic E-state index is 0.0514.